The number of carbonyl (C=O) groups excluding carboxylic acids is 1. The molecule has 0 radical (unpaired) electrons. The minimum atomic E-state index is -4.79. The molecule has 0 saturated carbocycles. The zero-order valence-corrected chi connectivity index (χ0v) is 17.3. The Bertz CT molecular complexity index is 719. The van der Waals surface area contributed by atoms with Crippen molar-refractivity contribution in [3.05, 3.63) is 18.0 Å². The number of rotatable bonds is 6. The van der Waals surface area contributed by atoms with Gasteiger partial charge in [-0.15, -0.1) is 0 Å². The minimum absolute atomic E-state index is 0.254. The molecule has 0 unspecified atom stereocenters. The first kappa shape index (κ1) is 22.8. The highest BCUT2D eigenvalue weighted by atomic mass is 19.4. The number of carbonyl (C=O) groups is 1. The Hall–Kier alpha value is -1.85. The fraction of sp³-hybridized carbons (Fsp3) is 0.789. The molecule has 1 aromatic heterocycles. The Morgan fingerprint density at radius 2 is 2.17 bits per heavy atom. The molecule has 3 heterocycles. The summed E-state index contributed by atoms with van der Waals surface area (Å²) in [5.41, 5.74) is 0.814. The van der Waals surface area contributed by atoms with Gasteiger partial charge in [0.05, 0.1) is 25.0 Å². The summed E-state index contributed by atoms with van der Waals surface area (Å²) in [5.74, 6) is 0. The molecule has 2 aliphatic rings. The van der Waals surface area contributed by atoms with E-state index in [9.17, 15) is 18.0 Å². The molecular formula is C19H29F3N4O4. The summed E-state index contributed by atoms with van der Waals surface area (Å²) in [6.45, 7) is 0.702. The Balaban J connectivity index is 1.45. The lowest BCUT2D eigenvalue weighted by Crippen LogP contribution is -2.49. The summed E-state index contributed by atoms with van der Waals surface area (Å²) in [6.07, 6.45) is -1.69. The monoisotopic (exact) mass is 434 g/mol. The van der Waals surface area contributed by atoms with Gasteiger partial charge < -0.3 is 24.4 Å². The lowest BCUT2D eigenvalue weighted by Gasteiger charge is -2.38. The van der Waals surface area contributed by atoms with Gasteiger partial charge in [0.25, 0.3) is 0 Å². The number of alkyl halides is 3. The highest BCUT2D eigenvalue weighted by molar-refractivity contribution is 5.68. The molecule has 1 aromatic rings. The van der Waals surface area contributed by atoms with Gasteiger partial charge in [-0.25, -0.2) is 4.79 Å². The second kappa shape index (κ2) is 9.11. The zero-order valence-electron chi connectivity index (χ0n) is 17.3. The average Bonchev–Trinajstić information content (AvgIpc) is 3.30. The molecule has 1 amide bonds. The molecule has 170 valence electrons. The van der Waals surface area contributed by atoms with Crippen LogP contribution < -0.4 is 0 Å². The second-order valence-corrected chi connectivity index (χ2v) is 8.19. The number of aryl methyl sites for hydroxylation is 1. The van der Waals surface area contributed by atoms with Gasteiger partial charge in [0, 0.05) is 38.9 Å². The molecule has 1 N–H and O–H groups in total. The molecule has 2 fully saturated rings. The molecule has 2 saturated heterocycles. The zero-order chi connectivity index (χ0) is 21.9. The van der Waals surface area contributed by atoms with Gasteiger partial charge in [-0.3, -0.25) is 4.68 Å². The van der Waals surface area contributed by atoms with Crippen LogP contribution in [0.4, 0.5) is 18.0 Å². The van der Waals surface area contributed by atoms with E-state index in [1.165, 1.54) is 10.5 Å². The SMILES string of the molecule is CN(CCc1cnn(C)c1)[C@H]1COC2(CCN(C(=O)O[C@H](CO)C(F)(F)F)CC2)C1. The Kier molecular flexibility index (Phi) is 6.93. The number of aliphatic hydroxyl groups is 1. The van der Waals surface area contributed by atoms with Crippen LogP contribution in [0.25, 0.3) is 0 Å². The molecule has 0 aliphatic carbocycles. The number of aliphatic hydroxyl groups excluding tert-OH is 1. The van der Waals surface area contributed by atoms with Crippen LogP contribution in [-0.2, 0) is 22.9 Å². The molecule has 11 heteroatoms. The highest BCUT2D eigenvalue weighted by Gasteiger charge is 2.46. The van der Waals surface area contributed by atoms with Gasteiger partial charge >= 0.3 is 12.3 Å². The van der Waals surface area contributed by atoms with E-state index in [1.54, 1.807) is 4.68 Å². The summed E-state index contributed by atoms with van der Waals surface area (Å²) in [7, 11) is 3.94. The molecule has 30 heavy (non-hydrogen) atoms. The summed E-state index contributed by atoms with van der Waals surface area (Å²) in [4.78, 5) is 15.6. The third kappa shape index (κ3) is 5.44. The summed E-state index contributed by atoms with van der Waals surface area (Å²) < 4.78 is 50.4. The molecular weight excluding hydrogens is 405 g/mol. The van der Waals surface area contributed by atoms with E-state index in [1.807, 2.05) is 19.4 Å². The molecule has 3 rings (SSSR count). The average molecular weight is 434 g/mol. The largest absolute Gasteiger partial charge is 0.434 e. The van der Waals surface area contributed by atoms with E-state index in [0.29, 0.717) is 19.4 Å². The van der Waals surface area contributed by atoms with E-state index < -0.39 is 25.0 Å². The van der Waals surface area contributed by atoms with Crippen molar-refractivity contribution in [2.75, 3.05) is 39.9 Å². The predicted octanol–water partition coefficient (Wildman–Crippen LogP) is 1.58. The molecule has 2 aliphatic heterocycles. The van der Waals surface area contributed by atoms with E-state index in [2.05, 4.69) is 21.8 Å². The summed E-state index contributed by atoms with van der Waals surface area (Å²) in [5, 5.41) is 13.0. The van der Waals surface area contributed by atoms with E-state index in [4.69, 9.17) is 9.84 Å². The van der Waals surface area contributed by atoms with Crippen molar-refractivity contribution in [3.8, 4) is 0 Å². The number of ether oxygens (including phenoxy) is 2. The number of amides is 1. The van der Waals surface area contributed by atoms with E-state index >= 15 is 0 Å². The molecule has 1 spiro atoms. The number of likely N-dealkylation sites (tertiary alicyclic amines) is 1. The minimum Gasteiger partial charge on any atom is -0.434 e. The fourth-order valence-corrected chi connectivity index (χ4v) is 4.04. The van der Waals surface area contributed by atoms with Crippen molar-refractivity contribution < 1.29 is 32.5 Å². The van der Waals surface area contributed by atoms with Gasteiger partial charge in [0.2, 0.25) is 6.10 Å². The van der Waals surface area contributed by atoms with E-state index in [-0.39, 0.29) is 24.7 Å². The number of hydrogen-bond acceptors (Lipinski definition) is 6. The third-order valence-electron chi connectivity index (χ3n) is 6.03. The molecule has 0 aromatic carbocycles. The lowest BCUT2D eigenvalue weighted by molar-refractivity contribution is -0.215. The fourth-order valence-electron chi connectivity index (χ4n) is 4.04. The smallest absolute Gasteiger partial charge is 0.427 e. The van der Waals surface area contributed by atoms with Crippen LogP contribution in [0.5, 0.6) is 0 Å². The van der Waals surface area contributed by atoms with Crippen LogP contribution in [0.3, 0.4) is 0 Å². The Morgan fingerprint density at radius 3 is 2.73 bits per heavy atom. The van der Waals surface area contributed by atoms with Crippen molar-refractivity contribution in [2.45, 2.75) is 49.6 Å². The van der Waals surface area contributed by atoms with Crippen LogP contribution in [0.1, 0.15) is 24.8 Å². The maximum Gasteiger partial charge on any atom is 0.427 e. The van der Waals surface area contributed by atoms with Gasteiger partial charge in [-0.2, -0.15) is 18.3 Å². The lowest BCUT2D eigenvalue weighted by atomic mass is 9.87. The maximum atomic E-state index is 12.7. The first-order chi connectivity index (χ1) is 14.1. The van der Waals surface area contributed by atoms with Crippen molar-refractivity contribution in [1.29, 1.82) is 0 Å². The van der Waals surface area contributed by atoms with E-state index in [0.717, 1.165) is 19.4 Å². The number of halogens is 3. The predicted molar refractivity (Wildman–Crippen MR) is 101 cm³/mol. The summed E-state index contributed by atoms with van der Waals surface area (Å²) >= 11 is 0. The van der Waals surface area contributed by atoms with Crippen molar-refractivity contribution in [3.63, 3.8) is 0 Å². The van der Waals surface area contributed by atoms with Crippen LogP contribution >= 0.6 is 0 Å². The van der Waals surface area contributed by atoms with Gasteiger partial charge in [-0.05, 0) is 38.3 Å². The second-order valence-electron chi connectivity index (χ2n) is 8.19. The van der Waals surface area contributed by atoms with Gasteiger partial charge in [0.15, 0.2) is 0 Å². The van der Waals surface area contributed by atoms with Crippen molar-refractivity contribution in [1.82, 2.24) is 19.6 Å². The first-order valence-electron chi connectivity index (χ1n) is 10.1. The quantitative estimate of drug-likeness (QED) is 0.733. The Morgan fingerprint density at radius 1 is 1.47 bits per heavy atom. The number of piperidine rings is 1. The summed E-state index contributed by atoms with van der Waals surface area (Å²) in [6, 6.07) is 0.254. The van der Waals surface area contributed by atoms with Crippen LogP contribution in [-0.4, -0.2) is 94.6 Å². The first-order valence-corrected chi connectivity index (χ1v) is 10.1. The van der Waals surface area contributed by atoms with Gasteiger partial charge in [0.1, 0.15) is 0 Å². The van der Waals surface area contributed by atoms with Crippen LogP contribution in [0.2, 0.25) is 0 Å². The van der Waals surface area contributed by atoms with Crippen LogP contribution in [0.15, 0.2) is 12.4 Å². The number of aromatic nitrogens is 2. The molecule has 0 bridgehead atoms. The number of nitrogens with zero attached hydrogens (tertiary/aromatic N) is 4. The third-order valence-corrected chi connectivity index (χ3v) is 6.03. The molecule has 2 atom stereocenters. The highest BCUT2D eigenvalue weighted by Crippen LogP contribution is 2.37. The molecule has 8 nitrogen and oxygen atoms in total. The maximum absolute atomic E-state index is 12.7. The Labute approximate surface area is 173 Å². The van der Waals surface area contributed by atoms with Crippen LogP contribution in [0, 0.1) is 0 Å². The number of likely N-dealkylation sites (N-methyl/N-ethyl adjacent to an activating group) is 1. The topological polar surface area (TPSA) is 80.1 Å². The van der Waals surface area contributed by atoms with Gasteiger partial charge in [-0.1, -0.05) is 0 Å². The van der Waals surface area contributed by atoms with Crippen molar-refractivity contribution in [2.24, 2.45) is 7.05 Å². The standard InChI is InChI=1S/C19H29F3N4O4/c1-24(6-3-14-10-23-25(2)11-14)15-9-18(29-13-15)4-7-26(8-5-18)17(28)30-16(12-27)19(20,21)22/h10-11,15-16,27H,3-9,12-13H2,1-2H3/t15-,16-/m1/s1. The number of hydrogen-bond donors (Lipinski definition) is 1. The van der Waals surface area contributed by atoms with Crippen molar-refractivity contribution >= 4 is 6.09 Å². The normalized spacial score (nSPS) is 22.6.